The van der Waals surface area contributed by atoms with Crippen LogP contribution in [-0.2, 0) is 0 Å². The van der Waals surface area contributed by atoms with Gasteiger partial charge in [-0.1, -0.05) is 6.92 Å². The molecule has 0 fully saturated rings. The molecule has 4 heteroatoms. The molecule has 0 radical (unpaired) electrons. The van der Waals surface area contributed by atoms with Crippen LogP contribution in [0.2, 0.25) is 0 Å². The maximum Gasteiger partial charge on any atom is 0.151 e. The molecule has 0 aromatic carbocycles. The first-order valence-electron chi connectivity index (χ1n) is 2.73. The standard InChI is InChI=1S/C3H8O2.C2H6O2/c1-2-3(4)5;1-2(3)4/h3-5H,2H2,1H3;2-4H,1H3. The van der Waals surface area contributed by atoms with Gasteiger partial charge in [0.25, 0.3) is 0 Å². The highest BCUT2D eigenvalue weighted by molar-refractivity contribution is 4.21. The van der Waals surface area contributed by atoms with Crippen molar-refractivity contribution in [2.75, 3.05) is 0 Å². The molecule has 58 valence electrons. The van der Waals surface area contributed by atoms with Crippen LogP contribution in [0.3, 0.4) is 0 Å². The van der Waals surface area contributed by atoms with Gasteiger partial charge in [-0.3, -0.25) is 0 Å². The Morgan fingerprint density at radius 2 is 1.22 bits per heavy atom. The van der Waals surface area contributed by atoms with Crippen LogP contribution < -0.4 is 0 Å². The molecule has 0 aliphatic heterocycles. The minimum absolute atomic E-state index is 0.417. The Morgan fingerprint density at radius 3 is 1.22 bits per heavy atom. The third-order valence-corrected chi connectivity index (χ3v) is 0.365. The molecule has 0 bridgehead atoms. The lowest BCUT2D eigenvalue weighted by molar-refractivity contribution is -0.0413. The molecular weight excluding hydrogens is 124 g/mol. The summed E-state index contributed by atoms with van der Waals surface area (Å²) in [6.07, 6.45) is -1.87. The quantitative estimate of drug-likeness (QED) is 0.351. The summed E-state index contributed by atoms with van der Waals surface area (Å²) in [7, 11) is 0. The second-order valence-corrected chi connectivity index (χ2v) is 1.52. The summed E-state index contributed by atoms with van der Waals surface area (Å²) in [6, 6.07) is 0. The molecule has 9 heavy (non-hydrogen) atoms. The zero-order valence-electron chi connectivity index (χ0n) is 5.65. The van der Waals surface area contributed by atoms with Crippen molar-refractivity contribution in [3.05, 3.63) is 0 Å². The first-order chi connectivity index (χ1) is 4.00. The zero-order valence-corrected chi connectivity index (χ0v) is 5.65. The largest absolute Gasteiger partial charge is 0.368 e. The highest BCUT2D eigenvalue weighted by Crippen LogP contribution is 1.77. The molecule has 0 aromatic heterocycles. The fourth-order valence-electron chi connectivity index (χ4n) is 0. The second-order valence-electron chi connectivity index (χ2n) is 1.52. The van der Waals surface area contributed by atoms with Gasteiger partial charge in [-0.05, 0) is 13.3 Å². The Morgan fingerprint density at radius 1 is 1.11 bits per heavy atom. The molecule has 0 spiro atoms. The number of hydrogen-bond acceptors (Lipinski definition) is 4. The van der Waals surface area contributed by atoms with Crippen LogP contribution in [-0.4, -0.2) is 33.0 Å². The van der Waals surface area contributed by atoms with E-state index in [4.69, 9.17) is 20.4 Å². The molecule has 0 heterocycles. The normalized spacial score (nSPS) is 9.33. The van der Waals surface area contributed by atoms with E-state index < -0.39 is 12.6 Å². The third-order valence-electron chi connectivity index (χ3n) is 0.365. The average molecular weight is 138 g/mol. The second kappa shape index (κ2) is 7.84. The van der Waals surface area contributed by atoms with Gasteiger partial charge < -0.3 is 20.4 Å². The van der Waals surface area contributed by atoms with Gasteiger partial charge in [0.2, 0.25) is 0 Å². The molecule has 0 saturated carbocycles. The lowest BCUT2D eigenvalue weighted by Gasteiger charge is -1.90. The Bertz CT molecular complexity index is 41.5. The zero-order chi connectivity index (χ0) is 7.86. The number of rotatable bonds is 1. The topological polar surface area (TPSA) is 80.9 Å². The predicted octanol–water partition coefficient (Wildman–Crippen LogP) is -0.976. The van der Waals surface area contributed by atoms with E-state index >= 15 is 0 Å². The highest BCUT2D eigenvalue weighted by atomic mass is 16.5. The van der Waals surface area contributed by atoms with Crippen LogP contribution in [0.15, 0.2) is 0 Å². The Balaban J connectivity index is 0. The summed E-state index contributed by atoms with van der Waals surface area (Å²) < 4.78 is 0. The predicted molar refractivity (Wildman–Crippen MR) is 32.4 cm³/mol. The van der Waals surface area contributed by atoms with Gasteiger partial charge in [-0.15, -0.1) is 0 Å². The van der Waals surface area contributed by atoms with Gasteiger partial charge in [-0.25, -0.2) is 0 Å². The minimum Gasteiger partial charge on any atom is -0.368 e. The summed E-state index contributed by atoms with van der Waals surface area (Å²) in [5, 5.41) is 31.1. The van der Waals surface area contributed by atoms with E-state index in [2.05, 4.69) is 0 Å². The first kappa shape index (κ1) is 11.6. The van der Waals surface area contributed by atoms with E-state index in [-0.39, 0.29) is 0 Å². The number of hydrogen-bond donors (Lipinski definition) is 4. The van der Waals surface area contributed by atoms with Crippen molar-refractivity contribution in [1.29, 1.82) is 0 Å². The van der Waals surface area contributed by atoms with Crippen LogP contribution >= 0.6 is 0 Å². The fourth-order valence-corrected chi connectivity index (χ4v) is 0. The maximum absolute atomic E-state index is 7.92. The van der Waals surface area contributed by atoms with Crippen molar-refractivity contribution < 1.29 is 20.4 Å². The van der Waals surface area contributed by atoms with Crippen molar-refractivity contribution in [2.45, 2.75) is 32.8 Å². The number of aliphatic hydroxyl groups is 4. The first-order valence-corrected chi connectivity index (χ1v) is 2.73. The molecule has 0 saturated heterocycles. The molecule has 0 aliphatic carbocycles. The van der Waals surface area contributed by atoms with E-state index in [0.717, 1.165) is 0 Å². The van der Waals surface area contributed by atoms with Gasteiger partial charge in [0.15, 0.2) is 6.29 Å². The van der Waals surface area contributed by atoms with Gasteiger partial charge in [0.1, 0.15) is 6.29 Å². The van der Waals surface area contributed by atoms with Gasteiger partial charge in [-0.2, -0.15) is 0 Å². The molecule has 0 amide bonds. The van der Waals surface area contributed by atoms with E-state index in [9.17, 15) is 0 Å². The van der Waals surface area contributed by atoms with Gasteiger partial charge >= 0.3 is 0 Å². The molecule has 0 aromatic rings. The maximum atomic E-state index is 7.92. The Labute approximate surface area is 54.4 Å². The van der Waals surface area contributed by atoms with Gasteiger partial charge in [0.05, 0.1) is 0 Å². The fraction of sp³-hybridized carbons (Fsp3) is 1.00. The molecule has 4 N–H and O–H groups in total. The molecular formula is C5H14O4. The van der Waals surface area contributed by atoms with E-state index in [1.807, 2.05) is 0 Å². The van der Waals surface area contributed by atoms with Crippen LogP contribution in [0, 0.1) is 0 Å². The van der Waals surface area contributed by atoms with Crippen LogP contribution in [0.5, 0.6) is 0 Å². The summed E-state index contributed by atoms with van der Waals surface area (Å²) >= 11 is 0. The van der Waals surface area contributed by atoms with E-state index in [1.165, 1.54) is 6.92 Å². The lowest BCUT2D eigenvalue weighted by atomic mass is 10.5. The third kappa shape index (κ3) is 79.0. The van der Waals surface area contributed by atoms with Gasteiger partial charge in [0, 0.05) is 0 Å². The highest BCUT2D eigenvalue weighted by Gasteiger charge is 1.83. The number of aliphatic hydroxyl groups excluding tert-OH is 2. The average Bonchev–Trinajstić information content (AvgIpc) is 1.65. The molecule has 0 atom stereocenters. The van der Waals surface area contributed by atoms with E-state index in [0.29, 0.717) is 6.42 Å². The minimum atomic E-state index is -1.17. The molecule has 0 rings (SSSR count). The van der Waals surface area contributed by atoms with E-state index in [1.54, 1.807) is 6.92 Å². The Hall–Kier alpha value is -0.160. The molecule has 0 unspecified atom stereocenters. The lowest BCUT2D eigenvalue weighted by Crippen LogP contribution is -1.99. The summed E-state index contributed by atoms with van der Waals surface area (Å²) in [4.78, 5) is 0. The summed E-state index contributed by atoms with van der Waals surface area (Å²) in [5.41, 5.74) is 0. The molecule has 4 nitrogen and oxygen atoms in total. The summed E-state index contributed by atoms with van der Waals surface area (Å²) in [6.45, 7) is 2.98. The molecule has 0 aliphatic rings. The van der Waals surface area contributed by atoms with Crippen LogP contribution in [0.1, 0.15) is 20.3 Å². The van der Waals surface area contributed by atoms with Crippen LogP contribution in [0.25, 0.3) is 0 Å². The van der Waals surface area contributed by atoms with Crippen molar-refractivity contribution >= 4 is 0 Å². The van der Waals surface area contributed by atoms with Crippen molar-refractivity contribution in [1.82, 2.24) is 0 Å². The monoisotopic (exact) mass is 138 g/mol. The summed E-state index contributed by atoms with van der Waals surface area (Å²) in [5.74, 6) is 0. The Kier molecular flexibility index (Phi) is 10.1. The SMILES string of the molecule is CC(O)O.CCC(O)O. The van der Waals surface area contributed by atoms with Crippen LogP contribution in [0.4, 0.5) is 0 Å². The van der Waals surface area contributed by atoms with Crippen molar-refractivity contribution in [2.24, 2.45) is 0 Å². The van der Waals surface area contributed by atoms with Crippen molar-refractivity contribution in [3.63, 3.8) is 0 Å². The van der Waals surface area contributed by atoms with Crippen molar-refractivity contribution in [3.8, 4) is 0 Å². The smallest absolute Gasteiger partial charge is 0.151 e.